The second-order valence-corrected chi connectivity index (χ2v) is 6.22. The van der Waals surface area contributed by atoms with Gasteiger partial charge in [-0.3, -0.25) is 4.79 Å². The minimum Gasteiger partial charge on any atom is -0.346 e. The van der Waals surface area contributed by atoms with Crippen molar-refractivity contribution in [2.75, 3.05) is 0 Å². The van der Waals surface area contributed by atoms with Crippen molar-refractivity contribution in [3.8, 4) is 0 Å². The van der Waals surface area contributed by atoms with Crippen LogP contribution in [0.2, 0.25) is 0 Å². The van der Waals surface area contributed by atoms with Gasteiger partial charge in [0, 0.05) is 5.03 Å². The Hall–Kier alpha value is -1.28. The lowest BCUT2D eigenvalue weighted by Gasteiger charge is -2.42. The summed E-state index contributed by atoms with van der Waals surface area (Å²) >= 11 is 6.16. The summed E-state index contributed by atoms with van der Waals surface area (Å²) in [5.74, 6) is 0.0323. The first kappa shape index (κ1) is 13.2. The van der Waals surface area contributed by atoms with Gasteiger partial charge in [0.1, 0.15) is 0 Å². The lowest BCUT2D eigenvalue weighted by atomic mass is 9.71. The first-order valence-corrected chi connectivity index (χ1v) is 6.43. The molecule has 0 radical (unpaired) electrons. The average Bonchev–Trinajstić information content (AvgIpc) is 2.20. The predicted octanol–water partition coefficient (Wildman–Crippen LogP) is 3.47. The maximum Gasteiger partial charge on any atom is 0.230 e. The summed E-state index contributed by atoms with van der Waals surface area (Å²) < 4.78 is 0. The summed E-state index contributed by atoms with van der Waals surface area (Å²) in [6.45, 7) is 7.86. The lowest BCUT2D eigenvalue weighted by molar-refractivity contribution is -0.129. The van der Waals surface area contributed by atoms with Gasteiger partial charge in [0.2, 0.25) is 5.91 Å². The highest BCUT2D eigenvalue weighted by atomic mass is 35.5. The Labute approximate surface area is 113 Å². The number of hydrogen-bond acceptors (Lipinski definition) is 1. The van der Waals surface area contributed by atoms with Crippen LogP contribution in [0.5, 0.6) is 0 Å². The highest BCUT2D eigenvalue weighted by molar-refractivity contribution is 6.31. The first-order valence-electron chi connectivity index (χ1n) is 6.05. The molecule has 0 aromatic heterocycles. The molecule has 0 saturated carbocycles. The molecule has 0 atom stereocenters. The maximum absolute atomic E-state index is 12.2. The largest absolute Gasteiger partial charge is 0.346 e. The Morgan fingerprint density at radius 2 is 1.67 bits per heavy atom. The zero-order chi connectivity index (χ0) is 13.6. The minimum absolute atomic E-state index is 0.0323. The zero-order valence-corrected chi connectivity index (χ0v) is 11.9. The van der Waals surface area contributed by atoms with Gasteiger partial charge in [0.25, 0.3) is 0 Å². The van der Waals surface area contributed by atoms with Crippen LogP contribution in [0, 0.1) is 5.41 Å². The molecule has 1 amide bonds. The third-order valence-electron chi connectivity index (χ3n) is 3.54. The summed E-state index contributed by atoms with van der Waals surface area (Å²) in [5.41, 5.74) is 1.15. The van der Waals surface area contributed by atoms with E-state index in [1.54, 1.807) is 0 Å². The molecule has 0 fully saturated rings. The smallest absolute Gasteiger partial charge is 0.230 e. The first-order chi connectivity index (χ1) is 8.25. The van der Waals surface area contributed by atoms with Crippen molar-refractivity contribution in [2.24, 2.45) is 5.41 Å². The Morgan fingerprint density at radius 1 is 1.06 bits per heavy atom. The lowest BCUT2D eigenvalue weighted by Crippen LogP contribution is -2.55. The zero-order valence-electron chi connectivity index (χ0n) is 11.2. The molecule has 0 aromatic carbocycles. The minimum atomic E-state index is -0.569. The second kappa shape index (κ2) is 4.13. The molecule has 0 saturated heterocycles. The van der Waals surface area contributed by atoms with Gasteiger partial charge in [0.15, 0.2) is 0 Å². The molecular formula is C15H18ClNO. The Balaban J connectivity index is 2.72. The van der Waals surface area contributed by atoms with Crippen molar-refractivity contribution in [1.29, 1.82) is 0 Å². The average molecular weight is 264 g/mol. The Kier molecular flexibility index (Phi) is 3.02. The van der Waals surface area contributed by atoms with Crippen molar-refractivity contribution in [1.82, 2.24) is 5.32 Å². The molecule has 0 unspecified atom stereocenters. The number of halogens is 1. The van der Waals surface area contributed by atoms with Gasteiger partial charge in [-0.05, 0) is 51.0 Å². The number of allylic oxidation sites excluding steroid dienone is 5. The molecule has 1 aliphatic carbocycles. The van der Waals surface area contributed by atoms with Crippen LogP contribution in [0.4, 0.5) is 0 Å². The summed E-state index contributed by atoms with van der Waals surface area (Å²) in [4.78, 5) is 12.2. The molecule has 3 heteroatoms. The van der Waals surface area contributed by atoms with Crippen LogP contribution in [0.15, 0.2) is 46.6 Å². The van der Waals surface area contributed by atoms with Crippen molar-refractivity contribution in [3.63, 3.8) is 0 Å². The van der Waals surface area contributed by atoms with Gasteiger partial charge in [-0.15, -0.1) is 0 Å². The van der Waals surface area contributed by atoms with E-state index in [1.165, 1.54) is 0 Å². The monoisotopic (exact) mass is 263 g/mol. The fourth-order valence-electron chi connectivity index (χ4n) is 2.34. The number of carbonyl (C=O) groups excluding carboxylic acids is 1. The van der Waals surface area contributed by atoms with Crippen LogP contribution in [0.1, 0.15) is 27.7 Å². The third kappa shape index (κ3) is 2.05. The highest BCUT2D eigenvalue weighted by Gasteiger charge is 2.43. The van der Waals surface area contributed by atoms with Crippen molar-refractivity contribution in [3.05, 3.63) is 46.6 Å². The van der Waals surface area contributed by atoms with Gasteiger partial charge >= 0.3 is 0 Å². The van der Waals surface area contributed by atoms with E-state index in [9.17, 15) is 4.79 Å². The number of nitrogens with one attached hydrogen (secondary N) is 1. The van der Waals surface area contributed by atoms with Crippen LogP contribution < -0.4 is 5.32 Å². The number of amides is 1. The number of carbonyl (C=O) groups is 1. The van der Waals surface area contributed by atoms with Crippen molar-refractivity contribution >= 4 is 17.5 Å². The van der Waals surface area contributed by atoms with E-state index in [0.29, 0.717) is 5.03 Å². The molecule has 2 rings (SSSR count). The quantitative estimate of drug-likeness (QED) is 0.712. The van der Waals surface area contributed by atoms with E-state index >= 15 is 0 Å². The van der Waals surface area contributed by atoms with E-state index in [2.05, 4.69) is 5.32 Å². The van der Waals surface area contributed by atoms with E-state index in [4.69, 9.17) is 11.6 Å². The Morgan fingerprint density at radius 3 is 2.33 bits per heavy atom. The number of hydrogen-bond donors (Lipinski definition) is 1. The molecule has 0 bridgehead atoms. The van der Waals surface area contributed by atoms with Gasteiger partial charge in [-0.25, -0.2) is 0 Å². The van der Waals surface area contributed by atoms with Crippen LogP contribution >= 0.6 is 11.6 Å². The predicted molar refractivity (Wildman–Crippen MR) is 75.2 cm³/mol. The van der Waals surface area contributed by atoms with Gasteiger partial charge in [0.05, 0.1) is 11.0 Å². The van der Waals surface area contributed by atoms with Gasteiger partial charge in [-0.2, -0.15) is 0 Å². The molecule has 0 spiro atoms. The summed E-state index contributed by atoms with van der Waals surface area (Å²) in [5, 5.41) is 3.71. The van der Waals surface area contributed by atoms with E-state index in [0.717, 1.165) is 11.1 Å². The molecule has 1 heterocycles. The highest BCUT2D eigenvalue weighted by Crippen LogP contribution is 2.40. The van der Waals surface area contributed by atoms with Crippen LogP contribution in [-0.2, 0) is 4.79 Å². The fourth-order valence-corrected chi connectivity index (χ4v) is 2.53. The van der Waals surface area contributed by atoms with Crippen LogP contribution in [0.3, 0.4) is 0 Å². The molecule has 2 nitrogen and oxygen atoms in total. The molecular weight excluding hydrogens is 246 g/mol. The second-order valence-electron chi connectivity index (χ2n) is 5.78. The number of rotatable bonds is 0. The van der Waals surface area contributed by atoms with Crippen molar-refractivity contribution < 1.29 is 4.79 Å². The van der Waals surface area contributed by atoms with E-state index in [-0.39, 0.29) is 11.4 Å². The van der Waals surface area contributed by atoms with Gasteiger partial charge < -0.3 is 5.32 Å². The fraction of sp³-hybridized carbons (Fsp3) is 0.400. The SMILES string of the molecule is CC1(C)NC(=O)C(C)(C)C2=C1/C=C/C=C/C(Cl)=C\2. The summed E-state index contributed by atoms with van der Waals surface area (Å²) in [6.07, 6.45) is 9.64. The standard InChI is InChI=1S/C15H18ClNO/c1-14(2)12-9-10(16)7-5-6-8-11(12)15(3,4)17-13(14)18/h5-9H,1-4H3,(H,17,18)/b6-5?,7-5+,8-6+,10-7?,10-9+,11-8?,12-9?. The molecule has 0 aromatic rings. The van der Waals surface area contributed by atoms with Gasteiger partial charge in [-0.1, -0.05) is 29.8 Å². The maximum atomic E-state index is 12.2. The van der Waals surface area contributed by atoms with Crippen LogP contribution in [-0.4, -0.2) is 11.4 Å². The third-order valence-corrected chi connectivity index (χ3v) is 3.78. The van der Waals surface area contributed by atoms with E-state index in [1.807, 2.05) is 58.1 Å². The van der Waals surface area contributed by atoms with E-state index < -0.39 is 5.41 Å². The summed E-state index contributed by atoms with van der Waals surface area (Å²) in [7, 11) is 0. The summed E-state index contributed by atoms with van der Waals surface area (Å²) in [6, 6.07) is 0. The molecule has 96 valence electrons. The molecule has 1 N–H and O–H groups in total. The Bertz CT molecular complexity index is 519. The van der Waals surface area contributed by atoms with Crippen molar-refractivity contribution in [2.45, 2.75) is 33.2 Å². The normalized spacial score (nSPS) is 31.4. The van der Waals surface area contributed by atoms with Crippen LogP contribution in [0.25, 0.3) is 0 Å². The molecule has 1 aliphatic heterocycles. The molecule has 18 heavy (non-hydrogen) atoms. The topological polar surface area (TPSA) is 29.1 Å². The molecule has 2 aliphatic rings.